The second-order valence-corrected chi connectivity index (χ2v) is 14.6. The van der Waals surface area contributed by atoms with Crippen LogP contribution in [0.15, 0.2) is 89.9 Å². The summed E-state index contributed by atoms with van der Waals surface area (Å²) in [4.78, 5) is 7.17. The molecule has 4 aromatic rings. The smallest absolute Gasteiger partial charge is 0.177 e. The molecule has 2 aliphatic rings. The Hall–Kier alpha value is -3.59. The maximum Gasteiger partial charge on any atom is 0.177 e. The van der Waals surface area contributed by atoms with E-state index in [1.165, 1.54) is 86.6 Å². The van der Waals surface area contributed by atoms with E-state index in [4.69, 9.17) is 4.74 Å². The van der Waals surface area contributed by atoms with Gasteiger partial charge < -0.3 is 9.64 Å². The predicted molar refractivity (Wildman–Crippen MR) is 193 cm³/mol. The molecule has 236 valence electrons. The minimum Gasteiger partial charge on any atom is -0.466 e. The molecule has 2 saturated carbocycles. The Kier molecular flexibility index (Phi) is 9.36. The number of anilines is 1. The number of para-hydroxylation sites is 1. The maximum absolute atomic E-state index is 7.09. The normalized spacial score (nSPS) is 16.9. The van der Waals surface area contributed by atoms with Gasteiger partial charge in [-0.25, -0.2) is 0 Å². The topological polar surface area (TPSA) is 24.8 Å². The lowest BCUT2D eigenvalue weighted by Gasteiger charge is -2.44. The third kappa shape index (κ3) is 6.69. The summed E-state index contributed by atoms with van der Waals surface area (Å²) in [5, 5.41) is 2.23. The molecule has 0 radical (unpaired) electrons. The SMILES string of the molecule is C=Nc1c(OC(C)(C)N(CC2CCCCC2)c2ccccc2C2CCCCC2)ccc2cc(C(C)(C)c3ccccc3)ccc12. The first-order valence-electron chi connectivity index (χ1n) is 17.4. The molecule has 0 aromatic heterocycles. The molecule has 0 bridgehead atoms. The molecular weight excluding hydrogens is 548 g/mol. The largest absolute Gasteiger partial charge is 0.466 e. The molecule has 4 aromatic carbocycles. The lowest BCUT2D eigenvalue weighted by atomic mass is 9.77. The quantitative estimate of drug-likeness (QED) is 0.134. The summed E-state index contributed by atoms with van der Waals surface area (Å²) >= 11 is 0. The molecule has 6 rings (SSSR count). The predicted octanol–water partition coefficient (Wildman–Crippen LogP) is 11.7. The highest BCUT2D eigenvalue weighted by atomic mass is 16.5. The van der Waals surface area contributed by atoms with Crippen molar-refractivity contribution in [3.63, 3.8) is 0 Å². The van der Waals surface area contributed by atoms with Gasteiger partial charge in [-0.1, -0.05) is 125 Å². The standard InChI is InChI=1S/C42H52N2O/c1-41(2,34-21-13-8-14-22-34)35-26-27-37-33(29-35)25-28-39(40(37)43-5)45-42(3,4)44(30-31-17-9-6-10-18-31)38-24-16-15-23-36(38)32-19-11-7-12-20-32/h8,13-16,21-29,31-32H,5-7,9-12,17-20,30H2,1-4H3. The van der Waals surface area contributed by atoms with Crippen LogP contribution < -0.4 is 9.64 Å². The summed E-state index contributed by atoms with van der Waals surface area (Å²) in [6.07, 6.45) is 13.2. The molecule has 0 unspecified atom stereocenters. The van der Waals surface area contributed by atoms with Crippen molar-refractivity contribution in [3.8, 4) is 5.75 Å². The average molecular weight is 601 g/mol. The first kappa shape index (κ1) is 31.4. The molecule has 0 saturated heterocycles. The van der Waals surface area contributed by atoms with Gasteiger partial charge in [0.05, 0.1) is 0 Å². The zero-order valence-corrected chi connectivity index (χ0v) is 28.0. The lowest BCUT2D eigenvalue weighted by molar-refractivity contribution is 0.0981. The number of hydrogen-bond donors (Lipinski definition) is 0. The Morgan fingerprint density at radius 2 is 1.40 bits per heavy atom. The fourth-order valence-electron chi connectivity index (χ4n) is 8.00. The first-order valence-corrected chi connectivity index (χ1v) is 17.4. The van der Waals surface area contributed by atoms with Crippen LogP contribution in [0.3, 0.4) is 0 Å². The Labute approximate surface area is 271 Å². The van der Waals surface area contributed by atoms with Crippen LogP contribution in [0.4, 0.5) is 11.4 Å². The summed E-state index contributed by atoms with van der Waals surface area (Å²) in [7, 11) is 0. The van der Waals surface area contributed by atoms with Crippen molar-refractivity contribution in [2.24, 2.45) is 10.9 Å². The van der Waals surface area contributed by atoms with E-state index in [1.807, 2.05) is 0 Å². The van der Waals surface area contributed by atoms with Crippen LogP contribution in [0.25, 0.3) is 10.8 Å². The number of hydrogen-bond acceptors (Lipinski definition) is 3. The molecule has 0 spiro atoms. The van der Waals surface area contributed by atoms with Crippen LogP contribution in [-0.4, -0.2) is 19.0 Å². The highest BCUT2D eigenvalue weighted by Gasteiger charge is 2.35. The molecule has 0 aliphatic heterocycles. The van der Waals surface area contributed by atoms with Crippen molar-refractivity contribution < 1.29 is 4.74 Å². The van der Waals surface area contributed by atoms with E-state index in [0.717, 1.165) is 28.8 Å². The highest BCUT2D eigenvalue weighted by molar-refractivity contribution is 5.96. The molecule has 0 atom stereocenters. The summed E-state index contributed by atoms with van der Waals surface area (Å²) in [6.45, 7) is 14.1. The van der Waals surface area contributed by atoms with Gasteiger partial charge in [-0.3, -0.25) is 4.99 Å². The van der Waals surface area contributed by atoms with E-state index < -0.39 is 5.72 Å². The van der Waals surface area contributed by atoms with E-state index >= 15 is 0 Å². The van der Waals surface area contributed by atoms with Gasteiger partial charge in [0, 0.05) is 23.0 Å². The average Bonchev–Trinajstić information content (AvgIpc) is 3.08. The van der Waals surface area contributed by atoms with Crippen LogP contribution >= 0.6 is 0 Å². The van der Waals surface area contributed by atoms with Crippen molar-refractivity contribution in [2.45, 2.75) is 109 Å². The molecular formula is C42H52N2O. The van der Waals surface area contributed by atoms with Gasteiger partial charge in [-0.2, -0.15) is 0 Å². The van der Waals surface area contributed by atoms with E-state index in [1.54, 1.807) is 0 Å². The van der Waals surface area contributed by atoms with Crippen molar-refractivity contribution >= 4 is 28.9 Å². The zero-order valence-electron chi connectivity index (χ0n) is 28.0. The third-order valence-corrected chi connectivity index (χ3v) is 10.8. The zero-order chi connectivity index (χ0) is 31.4. The molecule has 3 heteroatoms. The van der Waals surface area contributed by atoms with Crippen molar-refractivity contribution in [3.05, 3.63) is 102 Å². The van der Waals surface area contributed by atoms with Gasteiger partial charge in [0.1, 0.15) is 11.4 Å². The number of rotatable bonds is 10. The highest BCUT2D eigenvalue weighted by Crippen LogP contribution is 2.44. The first-order chi connectivity index (χ1) is 21.8. The molecule has 3 nitrogen and oxygen atoms in total. The van der Waals surface area contributed by atoms with Crippen molar-refractivity contribution in [1.29, 1.82) is 0 Å². The van der Waals surface area contributed by atoms with E-state index in [9.17, 15) is 0 Å². The van der Waals surface area contributed by atoms with Gasteiger partial charge in [0.25, 0.3) is 0 Å². The molecule has 0 N–H and O–H groups in total. The minimum atomic E-state index is -0.579. The van der Waals surface area contributed by atoms with E-state index in [-0.39, 0.29) is 5.41 Å². The van der Waals surface area contributed by atoms with Gasteiger partial charge in [0.2, 0.25) is 0 Å². The summed E-state index contributed by atoms with van der Waals surface area (Å²) in [6, 6.07) is 31.0. The van der Waals surface area contributed by atoms with Crippen LogP contribution in [0, 0.1) is 5.92 Å². The monoisotopic (exact) mass is 600 g/mol. The van der Waals surface area contributed by atoms with Crippen LogP contribution in [0.1, 0.15) is 115 Å². The number of ether oxygens (including phenoxy) is 1. The fraction of sp³-hybridized carbons (Fsp3) is 0.452. The maximum atomic E-state index is 7.09. The molecule has 45 heavy (non-hydrogen) atoms. The number of benzene rings is 4. The third-order valence-electron chi connectivity index (χ3n) is 10.8. The second kappa shape index (κ2) is 13.4. The molecule has 2 aliphatic carbocycles. The summed E-state index contributed by atoms with van der Waals surface area (Å²) < 4.78 is 7.09. The summed E-state index contributed by atoms with van der Waals surface area (Å²) in [5.74, 6) is 2.10. The van der Waals surface area contributed by atoms with Gasteiger partial charge in [-0.15, -0.1) is 0 Å². The van der Waals surface area contributed by atoms with Gasteiger partial charge >= 0.3 is 0 Å². The Balaban J connectivity index is 1.35. The Bertz CT molecular complexity index is 1590. The number of nitrogens with zero attached hydrogens (tertiary/aromatic N) is 2. The fourth-order valence-corrected chi connectivity index (χ4v) is 8.00. The van der Waals surface area contributed by atoms with Crippen LogP contribution in [0.5, 0.6) is 5.75 Å². The molecule has 0 amide bonds. The van der Waals surface area contributed by atoms with Crippen LogP contribution in [0.2, 0.25) is 0 Å². The van der Waals surface area contributed by atoms with Gasteiger partial charge in [-0.05, 0) is 92.3 Å². The lowest BCUT2D eigenvalue weighted by Crippen LogP contribution is -2.51. The second-order valence-electron chi connectivity index (χ2n) is 14.6. The van der Waals surface area contributed by atoms with E-state index in [2.05, 4.69) is 129 Å². The Morgan fingerprint density at radius 3 is 2.11 bits per heavy atom. The molecule has 0 heterocycles. The van der Waals surface area contributed by atoms with Crippen molar-refractivity contribution in [2.75, 3.05) is 11.4 Å². The minimum absolute atomic E-state index is 0.111. The van der Waals surface area contributed by atoms with Crippen molar-refractivity contribution in [1.82, 2.24) is 0 Å². The number of aliphatic imine (C=N–C) groups is 1. The number of fused-ring (bicyclic) bond motifs is 1. The van der Waals surface area contributed by atoms with Crippen LogP contribution in [-0.2, 0) is 5.41 Å². The Morgan fingerprint density at radius 1 is 0.733 bits per heavy atom. The summed E-state index contributed by atoms with van der Waals surface area (Å²) in [5.41, 5.74) is 5.57. The van der Waals surface area contributed by atoms with E-state index in [0.29, 0.717) is 11.8 Å². The van der Waals surface area contributed by atoms with Gasteiger partial charge in [0.15, 0.2) is 5.72 Å². The molecule has 2 fully saturated rings.